The molecule has 1 aromatic carbocycles. The number of methoxy groups -OCH3 is 1. The molecule has 0 aliphatic carbocycles. The van der Waals surface area contributed by atoms with Gasteiger partial charge in [-0.05, 0) is 42.8 Å². The number of benzene rings is 1. The third kappa shape index (κ3) is 6.07. The first kappa shape index (κ1) is 20.4. The SMILES string of the molecule is CCOc1cc(/C=C/C(=O)NCCNC(=O)c2ccco2)cc(Cl)c1OC. The van der Waals surface area contributed by atoms with E-state index in [9.17, 15) is 9.59 Å². The monoisotopic (exact) mass is 392 g/mol. The van der Waals surface area contributed by atoms with E-state index in [4.69, 9.17) is 25.5 Å². The van der Waals surface area contributed by atoms with Crippen LogP contribution in [0.15, 0.2) is 41.0 Å². The van der Waals surface area contributed by atoms with Crippen LogP contribution in [0.25, 0.3) is 6.08 Å². The zero-order chi connectivity index (χ0) is 19.6. The fourth-order valence-corrected chi connectivity index (χ4v) is 2.53. The van der Waals surface area contributed by atoms with Gasteiger partial charge in [-0.25, -0.2) is 0 Å². The molecule has 0 aliphatic heterocycles. The van der Waals surface area contributed by atoms with Crippen molar-refractivity contribution in [2.75, 3.05) is 26.8 Å². The highest BCUT2D eigenvalue weighted by atomic mass is 35.5. The van der Waals surface area contributed by atoms with Gasteiger partial charge >= 0.3 is 0 Å². The Morgan fingerprint density at radius 1 is 1.26 bits per heavy atom. The molecular weight excluding hydrogens is 372 g/mol. The second-order valence-corrected chi connectivity index (χ2v) is 5.73. The first-order valence-electron chi connectivity index (χ1n) is 8.33. The zero-order valence-electron chi connectivity index (χ0n) is 15.1. The maximum atomic E-state index is 11.9. The van der Waals surface area contributed by atoms with Gasteiger partial charge in [0.2, 0.25) is 5.91 Å². The lowest BCUT2D eigenvalue weighted by molar-refractivity contribution is -0.116. The van der Waals surface area contributed by atoms with E-state index >= 15 is 0 Å². The Morgan fingerprint density at radius 2 is 2.04 bits per heavy atom. The number of hydrogen-bond acceptors (Lipinski definition) is 5. The molecule has 0 bridgehead atoms. The van der Waals surface area contributed by atoms with Crippen molar-refractivity contribution in [1.82, 2.24) is 10.6 Å². The lowest BCUT2D eigenvalue weighted by Crippen LogP contribution is -2.33. The predicted molar refractivity (Wildman–Crippen MR) is 102 cm³/mol. The molecule has 8 heteroatoms. The van der Waals surface area contributed by atoms with E-state index in [1.54, 1.807) is 30.3 Å². The molecule has 2 rings (SSSR count). The summed E-state index contributed by atoms with van der Waals surface area (Å²) in [5.74, 6) is 0.552. The molecule has 7 nitrogen and oxygen atoms in total. The van der Waals surface area contributed by atoms with Gasteiger partial charge in [-0.2, -0.15) is 0 Å². The molecule has 0 saturated heterocycles. The molecule has 0 saturated carbocycles. The first-order valence-corrected chi connectivity index (χ1v) is 8.71. The molecule has 2 aromatic rings. The highest BCUT2D eigenvalue weighted by Gasteiger charge is 2.11. The van der Waals surface area contributed by atoms with E-state index in [1.807, 2.05) is 6.92 Å². The number of rotatable bonds is 9. The Kier molecular flexibility index (Phi) is 7.76. The number of hydrogen-bond donors (Lipinski definition) is 2. The molecule has 0 atom stereocenters. The topological polar surface area (TPSA) is 89.8 Å². The minimum atomic E-state index is -0.332. The molecule has 1 aromatic heterocycles. The van der Waals surface area contributed by atoms with Crippen molar-refractivity contribution in [2.45, 2.75) is 6.92 Å². The van der Waals surface area contributed by atoms with Crippen molar-refractivity contribution in [3.8, 4) is 11.5 Å². The van der Waals surface area contributed by atoms with Gasteiger partial charge in [-0.15, -0.1) is 0 Å². The summed E-state index contributed by atoms with van der Waals surface area (Å²) in [5.41, 5.74) is 0.700. The second-order valence-electron chi connectivity index (χ2n) is 5.32. The smallest absolute Gasteiger partial charge is 0.287 e. The summed E-state index contributed by atoms with van der Waals surface area (Å²) < 4.78 is 15.7. The molecule has 0 aliphatic rings. The highest BCUT2D eigenvalue weighted by molar-refractivity contribution is 6.32. The van der Waals surface area contributed by atoms with Crippen molar-refractivity contribution in [3.05, 3.63) is 53.0 Å². The number of carbonyl (C=O) groups is 2. The average molecular weight is 393 g/mol. The van der Waals surface area contributed by atoms with Gasteiger partial charge in [-0.3, -0.25) is 9.59 Å². The van der Waals surface area contributed by atoms with Crippen LogP contribution in [0.4, 0.5) is 0 Å². The normalized spacial score (nSPS) is 10.6. The van der Waals surface area contributed by atoms with Gasteiger partial charge in [0, 0.05) is 19.2 Å². The largest absolute Gasteiger partial charge is 0.491 e. The summed E-state index contributed by atoms with van der Waals surface area (Å²) >= 11 is 6.17. The number of furan rings is 1. The second kappa shape index (κ2) is 10.3. The first-order chi connectivity index (χ1) is 13.0. The van der Waals surface area contributed by atoms with Crippen LogP contribution >= 0.6 is 11.6 Å². The van der Waals surface area contributed by atoms with Crippen LogP contribution in [0.3, 0.4) is 0 Å². The summed E-state index contributed by atoms with van der Waals surface area (Å²) in [7, 11) is 1.51. The van der Waals surface area contributed by atoms with Crippen molar-refractivity contribution < 1.29 is 23.5 Å². The van der Waals surface area contributed by atoms with Crippen molar-refractivity contribution in [1.29, 1.82) is 0 Å². The number of ether oxygens (including phenoxy) is 2. The van der Waals surface area contributed by atoms with Crippen LogP contribution < -0.4 is 20.1 Å². The summed E-state index contributed by atoms with van der Waals surface area (Å²) in [6.07, 6.45) is 4.41. The molecule has 0 radical (unpaired) electrons. The number of nitrogens with one attached hydrogen (secondary N) is 2. The fraction of sp³-hybridized carbons (Fsp3) is 0.263. The molecule has 1 heterocycles. The van der Waals surface area contributed by atoms with Crippen LogP contribution in [0.1, 0.15) is 23.0 Å². The number of carbonyl (C=O) groups excluding carboxylic acids is 2. The van der Waals surface area contributed by atoms with Crippen LogP contribution in [0, 0.1) is 0 Å². The Hall–Kier alpha value is -2.93. The Morgan fingerprint density at radius 3 is 2.70 bits per heavy atom. The molecule has 144 valence electrons. The molecule has 0 spiro atoms. The van der Waals surface area contributed by atoms with Gasteiger partial charge in [0.1, 0.15) is 0 Å². The minimum Gasteiger partial charge on any atom is -0.491 e. The summed E-state index contributed by atoms with van der Waals surface area (Å²) in [5, 5.41) is 5.70. The molecule has 0 fully saturated rings. The Balaban J connectivity index is 1.84. The average Bonchev–Trinajstić information content (AvgIpc) is 3.18. The quantitative estimate of drug-likeness (QED) is 0.506. The van der Waals surface area contributed by atoms with E-state index in [-0.39, 0.29) is 30.7 Å². The van der Waals surface area contributed by atoms with E-state index in [0.29, 0.717) is 28.7 Å². The van der Waals surface area contributed by atoms with Gasteiger partial charge in [0.15, 0.2) is 17.3 Å². The zero-order valence-corrected chi connectivity index (χ0v) is 15.8. The summed E-state index contributed by atoms with van der Waals surface area (Å²) in [4.78, 5) is 23.6. The minimum absolute atomic E-state index is 0.225. The Bertz CT molecular complexity index is 803. The van der Waals surface area contributed by atoms with Gasteiger partial charge in [0.05, 0.1) is 25.0 Å². The fourth-order valence-electron chi connectivity index (χ4n) is 2.23. The van der Waals surface area contributed by atoms with E-state index in [0.717, 1.165) is 0 Å². The Labute approximate surface area is 162 Å². The summed E-state index contributed by atoms with van der Waals surface area (Å²) in [6, 6.07) is 6.61. The number of halogens is 1. The molecule has 2 N–H and O–H groups in total. The lowest BCUT2D eigenvalue weighted by atomic mass is 10.2. The molecular formula is C19H21ClN2O5. The van der Waals surface area contributed by atoms with Crippen LogP contribution in [-0.2, 0) is 4.79 Å². The lowest BCUT2D eigenvalue weighted by Gasteiger charge is -2.11. The third-order valence-electron chi connectivity index (χ3n) is 3.42. The highest BCUT2D eigenvalue weighted by Crippen LogP contribution is 2.36. The van der Waals surface area contributed by atoms with Crippen LogP contribution in [0.5, 0.6) is 11.5 Å². The van der Waals surface area contributed by atoms with Gasteiger partial charge in [-0.1, -0.05) is 11.6 Å². The molecule has 2 amide bonds. The predicted octanol–water partition coefficient (Wildman–Crippen LogP) is 2.90. The van der Waals surface area contributed by atoms with E-state index in [1.165, 1.54) is 19.4 Å². The van der Waals surface area contributed by atoms with E-state index < -0.39 is 0 Å². The third-order valence-corrected chi connectivity index (χ3v) is 3.70. The van der Waals surface area contributed by atoms with Crippen LogP contribution in [0.2, 0.25) is 5.02 Å². The maximum Gasteiger partial charge on any atom is 0.287 e. The van der Waals surface area contributed by atoms with Crippen molar-refractivity contribution in [3.63, 3.8) is 0 Å². The van der Waals surface area contributed by atoms with E-state index in [2.05, 4.69) is 10.6 Å². The van der Waals surface area contributed by atoms with Crippen molar-refractivity contribution in [2.24, 2.45) is 0 Å². The number of amides is 2. The maximum absolute atomic E-state index is 11.9. The summed E-state index contributed by atoms with van der Waals surface area (Å²) in [6.45, 7) is 2.88. The standard InChI is InChI=1S/C19H21ClN2O5/c1-3-26-16-12-13(11-14(20)18(16)25-2)6-7-17(23)21-8-9-22-19(24)15-5-4-10-27-15/h4-7,10-12H,3,8-9H2,1-2H3,(H,21,23)(H,22,24)/b7-6+. The van der Waals surface area contributed by atoms with Gasteiger partial charge in [0.25, 0.3) is 5.91 Å². The van der Waals surface area contributed by atoms with Gasteiger partial charge < -0.3 is 24.5 Å². The molecule has 27 heavy (non-hydrogen) atoms. The van der Waals surface area contributed by atoms with Crippen LogP contribution in [-0.4, -0.2) is 38.6 Å². The van der Waals surface area contributed by atoms with Crippen molar-refractivity contribution >= 4 is 29.5 Å². The molecule has 0 unspecified atom stereocenters.